The highest BCUT2D eigenvalue weighted by atomic mass is 16.3. The Balaban J connectivity index is 2.01. The van der Waals surface area contributed by atoms with Crippen LogP contribution in [-0.2, 0) is 6.54 Å². The Morgan fingerprint density at radius 2 is 2.19 bits per heavy atom. The zero-order valence-electron chi connectivity index (χ0n) is 9.76. The molecule has 1 heterocycles. The molecule has 1 aliphatic rings. The van der Waals surface area contributed by atoms with Crippen molar-refractivity contribution in [2.75, 3.05) is 19.6 Å². The van der Waals surface area contributed by atoms with Crippen molar-refractivity contribution in [2.45, 2.75) is 25.6 Å². The molecule has 88 valence electrons. The Morgan fingerprint density at radius 3 is 2.88 bits per heavy atom. The van der Waals surface area contributed by atoms with E-state index in [4.69, 9.17) is 0 Å². The monoisotopic (exact) mass is 220 g/mol. The molecule has 0 bridgehead atoms. The molecular formula is C13H20N2O. The van der Waals surface area contributed by atoms with Crippen LogP contribution in [0, 0.1) is 0 Å². The minimum absolute atomic E-state index is 0.231. The van der Waals surface area contributed by atoms with Gasteiger partial charge < -0.3 is 10.4 Å². The molecule has 0 radical (unpaired) electrons. The highest BCUT2D eigenvalue weighted by molar-refractivity contribution is 5.14. The van der Waals surface area contributed by atoms with Crippen LogP contribution in [0.2, 0.25) is 0 Å². The third-order valence-electron chi connectivity index (χ3n) is 3.18. The predicted molar refractivity (Wildman–Crippen MR) is 65.2 cm³/mol. The molecular weight excluding hydrogens is 200 g/mol. The fourth-order valence-corrected chi connectivity index (χ4v) is 2.26. The molecule has 2 N–H and O–H groups in total. The standard InChI is InChI=1S/C13H20N2O/c1-11(16)13-9-14-7-8-15(13)10-12-5-3-2-4-6-12/h2-6,11,13-14,16H,7-10H2,1H3/t11-,13?/m1/s1. The summed E-state index contributed by atoms with van der Waals surface area (Å²) in [6.07, 6.45) is -0.281. The second-order valence-corrected chi connectivity index (χ2v) is 4.47. The van der Waals surface area contributed by atoms with E-state index in [1.165, 1.54) is 5.56 Å². The molecule has 1 fully saturated rings. The number of hydrogen-bond acceptors (Lipinski definition) is 3. The first kappa shape index (κ1) is 11.6. The summed E-state index contributed by atoms with van der Waals surface area (Å²) in [6.45, 7) is 5.69. The summed E-state index contributed by atoms with van der Waals surface area (Å²) in [5, 5.41) is 13.1. The van der Waals surface area contributed by atoms with Gasteiger partial charge in [-0.1, -0.05) is 30.3 Å². The summed E-state index contributed by atoms with van der Waals surface area (Å²) in [7, 11) is 0. The number of nitrogens with one attached hydrogen (secondary N) is 1. The first-order chi connectivity index (χ1) is 7.77. The van der Waals surface area contributed by atoms with E-state index >= 15 is 0 Å². The summed E-state index contributed by atoms with van der Waals surface area (Å²) >= 11 is 0. The van der Waals surface area contributed by atoms with E-state index in [0.717, 1.165) is 26.2 Å². The number of piperazine rings is 1. The van der Waals surface area contributed by atoms with Gasteiger partial charge in [0.25, 0.3) is 0 Å². The summed E-state index contributed by atoms with van der Waals surface area (Å²) in [5.74, 6) is 0. The fraction of sp³-hybridized carbons (Fsp3) is 0.538. The van der Waals surface area contributed by atoms with Crippen molar-refractivity contribution in [3.63, 3.8) is 0 Å². The number of aliphatic hydroxyl groups excluding tert-OH is 1. The van der Waals surface area contributed by atoms with E-state index in [1.807, 2.05) is 13.0 Å². The molecule has 0 amide bonds. The van der Waals surface area contributed by atoms with Gasteiger partial charge in [-0.15, -0.1) is 0 Å². The summed E-state index contributed by atoms with van der Waals surface area (Å²) in [4.78, 5) is 2.36. The Hall–Kier alpha value is -0.900. The SMILES string of the molecule is C[C@@H](O)C1CNCCN1Cc1ccccc1. The van der Waals surface area contributed by atoms with Crippen LogP contribution in [-0.4, -0.2) is 41.8 Å². The molecule has 0 spiro atoms. The Labute approximate surface area is 97.1 Å². The van der Waals surface area contributed by atoms with Gasteiger partial charge >= 0.3 is 0 Å². The van der Waals surface area contributed by atoms with Crippen LogP contribution in [0.15, 0.2) is 30.3 Å². The van der Waals surface area contributed by atoms with Crippen molar-refractivity contribution in [2.24, 2.45) is 0 Å². The predicted octanol–water partition coefficient (Wildman–Crippen LogP) is 0.841. The van der Waals surface area contributed by atoms with Crippen LogP contribution < -0.4 is 5.32 Å². The Bertz CT molecular complexity index is 313. The quantitative estimate of drug-likeness (QED) is 0.792. The van der Waals surface area contributed by atoms with Gasteiger partial charge in [-0.3, -0.25) is 4.90 Å². The molecule has 2 rings (SSSR count). The largest absolute Gasteiger partial charge is 0.392 e. The highest BCUT2D eigenvalue weighted by Crippen LogP contribution is 2.12. The molecule has 1 unspecified atom stereocenters. The molecule has 16 heavy (non-hydrogen) atoms. The third-order valence-corrected chi connectivity index (χ3v) is 3.18. The van der Waals surface area contributed by atoms with Gasteiger partial charge in [-0.05, 0) is 12.5 Å². The lowest BCUT2D eigenvalue weighted by molar-refractivity contribution is 0.0405. The third kappa shape index (κ3) is 2.82. The molecule has 0 saturated carbocycles. The Kier molecular flexibility index (Phi) is 3.93. The molecule has 1 aliphatic heterocycles. The first-order valence-corrected chi connectivity index (χ1v) is 5.94. The van der Waals surface area contributed by atoms with Gasteiger partial charge in [0.1, 0.15) is 0 Å². The van der Waals surface area contributed by atoms with Gasteiger partial charge in [0, 0.05) is 32.2 Å². The van der Waals surface area contributed by atoms with Crippen molar-refractivity contribution in [3.8, 4) is 0 Å². The molecule has 1 aromatic rings. The minimum atomic E-state index is -0.281. The van der Waals surface area contributed by atoms with Crippen LogP contribution in [0.3, 0.4) is 0 Å². The van der Waals surface area contributed by atoms with Gasteiger partial charge in [-0.25, -0.2) is 0 Å². The molecule has 1 saturated heterocycles. The molecule has 0 aromatic heterocycles. The highest BCUT2D eigenvalue weighted by Gasteiger charge is 2.25. The van der Waals surface area contributed by atoms with E-state index in [9.17, 15) is 5.11 Å². The van der Waals surface area contributed by atoms with Crippen LogP contribution in [0.25, 0.3) is 0 Å². The van der Waals surface area contributed by atoms with Crippen LogP contribution in [0.5, 0.6) is 0 Å². The molecule has 2 atom stereocenters. The lowest BCUT2D eigenvalue weighted by Gasteiger charge is -2.37. The first-order valence-electron chi connectivity index (χ1n) is 5.94. The molecule has 1 aromatic carbocycles. The van der Waals surface area contributed by atoms with Crippen molar-refractivity contribution in [1.82, 2.24) is 10.2 Å². The number of aliphatic hydroxyl groups is 1. The zero-order valence-corrected chi connectivity index (χ0v) is 9.76. The van der Waals surface area contributed by atoms with E-state index in [1.54, 1.807) is 0 Å². The molecule has 3 heteroatoms. The van der Waals surface area contributed by atoms with Gasteiger partial charge in [0.2, 0.25) is 0 Å². The average molecular weight is 220 g/mol. The van der Waals surface area contributed by atoms with E-state index in [2.05, 4.69) is 34.5 Å². The van der Waals surface area contributed by atoms with Crippen LogP contribution in [0.4, 0.5) is 0 Å². The van der Waals surface area contributed by atoms with Crippen LogP contribution >= 0.6 is 0 Å². The molecule has 0 aliphatic carbocycles. The van der Waals surface area contributed by atoms with Gasteiger partial charge in [0.15, 0.2) is 0 Å². The number of hydrogen-bond donors (Lipinski definition) is 2. The number of benzene rings is 1. The maximum atomic E-state index is 9.74. The maximum absolute atomic E-state index is 9.74. The van der Waals surface area contributed by atoms with E-state index in [-0.39, 0.29) is 12.1 Å². The summed E-state index contributed by atoms with van der Waals surface area (Å²) in [6, 6.07) is 10.7. The van der Waals surface area contributed by atoms with Crippen molar-refractivity contribution < 1.29 is 5.11 Å². The second-order valence-electron chi connectivity index (χ2n) is 4.47. The van der Waals surface area contributed by atoms with E-state index in [0.29, 0.717) is 0 Å². The van der Waals surface area contributed by atoms with E-state index < -0.39 is 0 Å². The maximum Gasteiger partial charge on any atom is 0.0679 e. The fourth-order valence-electron chi connectivity index (χ4n) is 2.26. The van der Waals surface area contributed by atoms with Gasteiger partial charge in [-0.2, -0.15) is 0 Å². The average Bonchev–Trinajstić information content (AvgIpc) is 2.31. The number of nitrogens with zero attached hydrogens (tertiary/aromatic N) is 1. The van der Waals surface area contributed by atoms with Crippen LogP contribution in [0.1, 0.15) is 12.5 Å². The van der Waals surface area contributed by atoms with Crippen molar-refractivity contribution in [1.29, 1.82) is 0 Å². The Morgan fingerprint density at radius 1 is 1.44 bits per heavy atom. The molecule has 3 nitrogen and oxygen atoms in total. The topological polar surface area (TPSA) is 35.5 Å². The summed E-state index contributed by atoms with van der Waals surface area (Å²) in [5.41, 5.74) is 1.31. The van der Waals surface area contributed by atoms with Gasteiger partial charge in [0.05, 0.1) is 6.10 Å². The number of rotatable bonds is 3. The summed E-state index contributed by atoms with van der Waals surface area (Å²) < 4.78 is 0. The minimum Gasteiger partial charge on any atom is -0.392 e. The lowest BCUT2D eigenvalue weighted by atomic mass is 10.1. The second kappa shape index (κ2) is 5.43. The smallest absolute Gasteiger partial charge is 0.0679 e. The van der Waals surface area contributed by atoms with Crippen molar-refractivity contribution >= 4 is 0 Å². The van der Waals surface area contributed by atoms with Crippen molar-refractivity contribution in [3.05, 3.63) is 35.9 Å². The normalized spacial score (nSPS) is 24.2. The zero-order chi connectivity index (χ0) is 11.4. The lowest BCUT2D eigenvalue weighted by Crippen LogP contribution is -2.55.